The van der Waals surface area contributed by atoms with Crippen molar-refractivity contribution in [1.29, 1.82) is 0 Å². The van der Waals surface area contributed by atoms with Gasteiger partial charge in [-0.2, -0.15) is 5.10 Å². The molecule has 0 fully saturated rings. The highest BCUT2D eigenvalue weighted by Crippen LogP contribution is 2.21. The minimum atomic E-state index is -1.08. The van der Waals surface area contributed by atoms with Gasteiger partial charge in [-0.15, -0.1) is 0 Å². The quantitative estimate of drug-likeness (QED) is 0.859. The molecule has 0 spiro atoms. The third-order valence-corrected chi connectivity index (χ3v) is 4.41. The van der Waals surface area contributed by atoms with Crippen LogP contribution in [0, 0.1) is 6.92 Å². The molecule has 2 aromatic rings. The molecule has 2 rings (SSSR count). The Morgan fingerprint density at radius 2 is 2.22 bits per heavy atom. The standard InChI is InChI=1S/C13H17N3OS/c1-3-16-8-11(7-15-16)9-18(17)13-6-4-5-12(14)10(13)2/h4-8H,3,9,14H2,1-2H3. The van der Waals surface area contributed by atoms with Crippen LogP contribution < -0.4 is 5.73 Å². The van der Waals surface area contributed by atoms with E-state index in [9.17, 15) is 4.21 Å². The molecule has 0 amide bonds. The predicted molar refractivity (Wildman–Crippen MR) is 73.6 cm³/mol. The first-order valence-corrected chi connectivity index (χ1v) is 7.18. The van der Waals surface area contributed by atoms with Crippen molar-refractivity contribution in [3.05, 3.63) is 41.7 Å². The van der Waals surface area contributed by atoms with Crippen LogP contribution in [0.2, 0.25) is 0 Å². The summed E-state index contributed by atoms with van der Waals surface area (Å²) in [6.07, 6.45) is 3.70. The average Bonchev–Trinajstić information content (AvgIpc) is 2.80. The van der Waals surface area contributed by atoms with Gasteiger partial charge in [0.2, 0.25) is 0 Å². The van der Waals surface area contributed by atoms with Crippen molar-refractivity contribution >= 4 is 16.5 Å². The lowest BCUT2D eigenvalue weighted by Gasteiger charge is -2.07. The second-order valence-corrected chi connectivity index (χ2v) is 5.58. The molecule has 5 heteroatoms. The minimum absolute atomic E-state index is 0.476. The van der Waals surface area contributed by atoms with Gasteiger partial charge in [0, 0.05) is 28.9 Å². The lowest BCUT2D eigenvalue weighted by molar-refractivity contribution is 0.659. The van der Waals surface area contributed by atoms with Crippen molar-refractivity contribution < 1.29 is 4.21 Å². The van der Waals surface area contributed by atoms with Gasteiger partial charge in [0.1, 0.15) is 0 Å². The summed E-state index contributed by atoms with van der Waals surface area (Å²) in [5.74, 6) is 0.476. The normalized spacial score (nSPS) is 12.6. The second kappa shape index (κ2) is 5.35. The molecule has 1 aromatic heterocycles. The largest absolute Gasteiger partial charge is 0.398 e. The first-order valence-electron chi connectivity index (χ1n) is 5.86. The Morgan fingerprint density at radius 1 is 1.44 bits per heavy atom. The number of nitrogens with two attached hydrogens (primary N) is 1. The summed E-state index contributed by atoms with van der Waals surface area (Å²) in [6.45, 7) is 4.75. The zero-order valence-electron chi connectivity index (χ0n) is 10.6. The Kier molecular flexibility index (Phi) is 3.81. The molecular formula is C13H17N3OS. The van der Waals surface area contributed by atoms with Gasteiger partial charge in [-0.05, 0) is 31.5 Å². The van der Waals surface area contributed by atoms with Crippen molar-refractivity contribution in [2.75, 3.05) is 5.73 Å². The van der Waals surface area contributed by atoms with E-state index in [1.165, 1.54) is 0 Å². The van der Waals surface area contributed by atoms with Crippen LogP contribution in [0.5, 0.6) is 0 Å². The molecule has 0 radical (unpaired) electrons. The maximum absolute atomic E-state index is 12.3. The molecule has 1 heterocycles. The lowest BCUT2D eigenvalue weighted by atomic mass is 10.2. The van der Waals surface area contributed by atoms with Crippen molar-refractivity contribution in [3.63, 3.8) is 0 Å². The number of nitrogens with zero attached hydrogens (tertiary/aromatic N) is 2. The fraction of sp³-hybridized carbons (Fsp3) is 0.308. The predicted octanol–water partition coefficient (Wildman–Crippen LogP) is 2.10. The molecule has 0 saturated heterocycles. The van der Waals surface area contributed by atoms with Crippen molar-refractivity contribution in [3.8, 4) is 0 Å². The summed E-state index contributed by atoms with van der Waals surface area (Å²) in [5.41, 5.74) is 8.40. The lowest BCUT2D eigenvalue weighted by Crippen LogP contribution is -2.01. The third-order valence-electron chi connectivity index (χ3n) is 2.88. The number of benzene rings is 1. The molecule has 0 saturated carbocycles. The van der Waals surface area contributed by atoms with E-state index in [-0.39, 0.29) is 0 Å². The average molecular weight is 263 g/mol. The van der Waals surface area contributed by atoms with E-state index in [0.717, 1.165) is 22.6 Å². The summed E-state index contributed by atoms with van der Waals surface area (Å²) in [5, 5.41) is 4.18. The molecule has 0 aliphatic rings. The van der Waals surface area contributed by atoms with Crippen LogP contribution in [0.1, 0.15) is 18.1 Å². The molecule has 1 aromatic carbocycles. The minimum Gasteiger partial charge on any atom is -0.398 e. The summed E-state index contributed by atoms with van der Waals surface area (Å²) < 4.78 is 14.1. The van der Waals surface area contributed by atoms with Gasteiger partial charge in [-0.25, -0.2) is 0 Å². The Labute approximate surface area is 109 Å². The molecule has 4 nitrogen and oxygen atoms in total. The first kappa shape index (κ1) is 12.8. The molecule has 0 bridgehead atoms. The molecule has 1 unspecified atom stereocenters. The number of anilines is 1. The van der Waals surface area contributed by atoms with E-state index in [4.69, 9.17) is 5.73 Å². The van der Waals surface area contributed by atoms with Crippen molar-refractivity contribution in [2.45, 2.75) is 31.0 Å². The van der Waals surface area contributed by atoms with Crippen molar-refractivity contribution in [2.24, 2.45) is 0 Å². The number of rotatable bonds is 4. The highest BCUT2D eigenvalue weighted by molar-refractivity contribution is 7.84. The smallest absolute Gasteiger partial charge is 0.0578 e. The van der Waals surface area contributed by atoms with Crippen LogP contribution in [0.4, 0.5) is 5.69 Å². The van der Waals surface area contributed by atoms with Crippen LogP contribution in [-0.2, 0) is 23.1 Å². The van der Waals surface area contributed by atoms with Crippen LogP contribution in [-0.4, -0.2) is 14.0 Å². The van der Waals surface area contributed by atoms with Gasteiger partial charge in [0.25, 0.3) is 0 Å². The van der Waals surface area contributed by atoms with Gasteiger partial charge in [-0.1, -0.05) is 6.07 Å². The summed E-state index contributed by atoms with van der Waals surface area (Å²) >= 11 is 0. The molecule has 0 aliphatic heterocycles. The third kappa shape index (κ3) is 2.61. The molecule has 96 valence electrons. The summed E-state index contributed by atoms with van der Waals surface area (Å²) in [6, 6.07) is 5.53. The summed E-state index contributed by atoms with van der Waals surface area (Å²) in [7, 11) is -1.08. The highest BCUT2D eigenvalue weighted by atomic mass is 32.2. The van der Waals surface area contributed by atoms with E-state index in [1.54, 1.807) is 6.20 Å². The molecule has 0 aliphatic carbocycles. The zero-order valence-corrected chi connectivity index (χ0v) is 11.4. The van der Waals surface area contributed by atoms with E-state index in [0.29, 0.717) is 11.4 Å². The first-order chi connectivity index (χ1) is 8.61. The molecule has 18 heavy (non-hydrogen) atoms. The molecule has 2 N–H and O–H groups in total. The topological polar surface area (TPSA) is 60.9 Å². The number of hydrogen-bond donors (Lipinski definition) is 1. The highest BCUT2D eigenvalue weighted by Gasteiger charge is 2.10. The fourth-order valence-electron chi connectivity index (χ4n) is 1.76. The van der Waals surface area contributed by atoms with Crippen molar-refractivity contribution in [1.82, 2.24) is 9.78 Å². The van der Waals surface area contributed by atoms with Gasteiger partial charge in [0.15, 0.2) is 0 Å². The van der Waals surface area contributed by atoms with Gasteiger partial charge in [-0.3, -0.25) is 8.89 Å². The number of nitrogen functional groups attached to an aromatic ring is 1. The second-order valence-electron chi connectivity index (χ2n) is 4.16. The Balaban J connectivity index is 2.19. The van der Waals surface area contributed by atoms with E-state index < -0.39 is 10.8 Å². The fourth-order valence-corrected chi connectivity index (χ4v) is 3.06. The van der Waals surface area contributed by atoms with Gasteiger partial charge < -0.3 is 5.73 Å². The molecular weight excluding hydrogens is 246 g/mol. The molecule has 1 atom stereocenters. The van der Waals surface area contributed by atoms with Crippen LogP contribution in [0.3, 0.4) is 0 Å². The number of aryl methyl sites for hydroxylation is 1. The van der Waals surface area contributed by atoms with E-state index in [1.807, 2.05) is 42.9 Å². The van der Waals surface area contributed by atoms with Gasteiger partial charge >= 0.3 is 0 Å². The maximum Gasteiger partial charge on any atom is 0.0578 e. The van der Waals surface area contributed by atoms with Crippen LogP contribution in [0.15, 0.2) is 35.5 Å². The monoisotopic (exact) mass is 263 g/mol. The zero-order chi connectivity index (χ0) is 13.1. The Morgan fingerprint density at radius 3 is 2.89 bits per heavy atom. The number of aromatic nitrogens is 2. The van der Waals surface area contributed by atoms with Crippen LogP contribution in [0.25, 0.3) is 0 Å². The summed E-state index contributed by atoms with van der Waals surface area (Å²) in [4.78, 5) is 0.805. The van der Waals surface area contributed by atoms with E-state index >= 15 is 0 Å². The van der Waals surface area contributed by atoms with Crippen LogP contribution >= 0.6 is 0 Å². The SMILES string of the molecule is CCn1cc(CS(=O)c2cccc(N)c2C)cn1. The Hall–Kier alpha value is -1.62. The maximum atomic E-state index is 12.3. The van der Waals surface area contributed by atoms with Gasteiger partial charge in [0.05, 0.1) is 22.7 Å². The van der Waals surface area contributed by atoms with E-state index in [2.05, 4.69) is 5.10 Å². The number of hydrogen-bond acceptors (Lipinski definition) is 3. The Bertz CT molecular complexity index is 577.